The number of carboxylic acid groups (broad SMARTS) is 2. The van der Waals surface area contributed by atoms with Gasteiger partial charge in [0.15, 0.2) is 5.76 Å². The molecule has 0 unspecified atom stereocenters. The number of oxime groups is 1. The number of rotatable bonds is 9. The first kappa shape index (κ1) is 21.7. The molecule has 162 valence electrons. The van der Waals surface area contributed by atoms with Gasteiger partial charge < -0.3 is 24.8 Å². The number of carbonyl (C=O) groups excluding carboxylic acids is 2. The maximum absolute atomic E-state index is 12.7. The number of β-lactam (4-membered cyclic amide) rings is 1. The molecule has 31 heavy (non-hydrogen) atoms. The van der Waals surface area contributed by atoms with Crippen LogP contribution in [0.5, 0.6) is 0 Å². The Bertz CT molecular complexity index is 1030. The van der Waals surface area contributed by atoms with Crippen LogP contribution in [0.2, 0.25) is 0 Å². The van der Waals surface area contributed by atoms with Gasteiger partial charge in [-0.3, -0.25) is 14.5 Å². The molecule has 1 fully saturated rings. The molecule has 0 spiro atoms. The van der Waals surface area contributed by atoms with Crippen molar-refractivity contribution in [2.75, 3.05) is 18.9 Å². The summed E-state index contributed by atoms with van der Waals surface area (Å²) in [6.45, 7) is -0.998. The molecule has 1 saturated heterocycles. The third kappa shape index (κ3) is 4.46. The van der Waals surface area contributed by atoms with Crippen LogP contribution in [-0.4, -0.2) is 74.9 Å². The number of nitrogens with one attached hydrogen (secondary N) is 1. The molecule has 3 rings (SSSR count). The second kappa shape index (κ2) is 9.23. The van der Waals surface area contributed by atoms with Gasteiger partial charge in [0.1, 0.15) is 17.1 Å². The van der Waals surface area contributed by atoms with Crippen molar-refractivity contribution in [3.63, 3.8) is 0 Å². The van der Waals surface area contributed by atoms with Crippen LogP contribution in [-0.2, 0) is 24.0 Å². The Morgan fingerprint density at radius 3 is 2.81 bits per heavy atom. The molecule has 2 aliphatic rings. The molecule has 0 aliphatic carbocycles. The van der Waals surface area contributed by atoms with Gasteiger partial charge in [0.05, 0.1) is 12.8 Å². The monoisotopic (exact) mass is 450 g/mol. The first-order valence-corrected chi connectivity index (χ1v) is 9.57. The third-order valence-corrected chi connectivity index (χ3v) is 5.51. The summed E-state index contributed by atoms with van der Waals surface area (Å²) in [4.78, 5) is 55.7. The first-order chi connectivity index (χ1) is 14.8. The molecule has 0 saturated carbocycles. The van der Waals surface area contributed by atoms with E-state index in [1.54, 1.807) is 0 Å². The van der Waals surface area contributed by atoms with E-state index >= 15 is 0 Å². The Morgan fingerprint density at radius 2 is 2.19 bits per heavy atom. The van der Waals surface area contributed by atoms with Crippen LogP contribution in [0.1, 0.15) is 5.76 Å². The predicted molar refractivity (Wildman–Crippen MR) is 103 cm³/mol. The van der Waals surface area contributed by atoms with Gasteiger partial charge >= 0.3 is 11.9 Å². The van der Waals surface area contributed by atoms with Gasteiger partial charge in [-0.2, -0.15) is 0 Å². The van der Waals surface area contributed by atoms with Crippen LogP contribution >= 0.6 is 11.8 Å². The number of hydrogen-bond acceptors (Lipinski definition) is 9. The van der Waals surface area contributed by atoms with Crippen molar-refractivity contribution in [3.8, 4) is 0 Å². The Balaban J connectivity index is 1.78. The lowest BCUT2D eigenvalue weighted by Gasteiger charge is -2.49. The average Bonchev–Trinajstić information content (AvgIpc) is 3.26. The third-order valence-electron chi connectivity index (χ3n) is 4.17. The summed E-state index contributed by atoms with van der Waals surface area (Å²) in [5, 5.41) is 26.7. The van der Waals surface area contributed by atoms with Gasteiger partial charge in [-0.1, -0.05) is 10.3 Å². The van der Waals surface area contributed by atoms with Gasteiger partial charge in [-0.25, -0.2) is 9.59 Å². The fraction of sp³-hybridized carbons (Fsp3) is 0.312. The summed E-state index contributed by atoms with van der Waals surface area (Å²) < 4.78 is 5.10. The van der Waals surface area contributed by atoms with E-state index in [1.807, 2.05) is 0 Å². The summed E-state index contributed by atoms with van der Waals surface area (Å²) in [6.07, 6.45) is 1.26. The molecule has 2 aliphatic heterocycles. The van der Waals surface area contributed by atoms with Crippen molar-refractivity contribution >= 4 is 41.2 Å². The van der Waals surface area contributed by atoms with Crippen LogP contribution in [0, 0.1) is 0 Å². The molecular formula is C16H14N6O8S. The van der Waals surface area contributed by atoms with Crippen molar-refractivity contribution in [1.82, 2.24) is 10.2 Å². The molecule has 0 aromatic carbocycles. The van der Waals surface area contributed by atoms with Crippen LogP contribution in [0.4, 0.5) is 0 Å². The van der Waals surface area contributed by atoms with E-state index in [1.165, 1.54) is 30.2 Å². The number of fused-ring (bicyclic) bond motifs is 1. The van der Waals surface area contributed by atoms with E-state index in [0.717, 1.165) is 4.90 Å². The molecule has 3 heterocycles. The molecule has 2 atom stereocenters. The van der Waals surface area contributed by atoms with E-state index in [2.05, 4.69) is 25.3 Å². The minimum atomic E-state index is -1.36. The summed E-state index contributed by atoms with van der Waals surface area (Å²) in [5.41, 5.74) is 8.07. The van der Waals surface area contributed by atoms with E-state index in [9.17, 15) is 24.3 Å². The van der Waals surface area contributed by atoms with E-state index in [0.29, 0.717) is 0 Å². The number of amides is 2. The zero-order valence-corrected chi connectivity index (χ0v) is 16.3. The Morgan fingerprint density at radius 1 is 1.42 bits per heavy atom. The van der Waals surface area contributed by atoms with Crippen molar-refractivity contribution in [1.29, 1.82) is 0 Å². The molecular weight excluding hydrogens is 436 g/mol. The number of hydrogen-bond donors (Lipinski definition) is 3. The zero-order valence-electron chi connectivity index (χ0n) is 15.5. The van der Waals surface area contributed by atoms with Gasteiger partial charge in [0.25, 0.3) is 11.8 Å². The number of nitrogens with zero attached hydrogens (tertiary/aromatic N) is 5. The number of aliphatic carboxylic acids is 2. The minimum Gasteiger partial charge on any atom is -0.479 e. The maximum Gasteiger partial charge on any atom is 0.352 e. The fourth-order valence-corrected chi connectivity index (χ4v) is 4.23. The quantitative estimate of drug-likeness (QED) is 0.116. The molecule has 1 aromatic heterocycles. The Kier molecular flexibility index (Phi) is 6.47. The maximum atomic E-state index is 12.7. The topological polar surface area (TPSA) is 207 Å². The van der Waals surface area contributed by atoms with Crippen LogP contribution in [0.25, 0.3) is 10.4 Å². The highest BCUT2D eigenvalue weighted by atomic mass is 32.2. The minimum absolute atomic E-state index is 0.0226. The number of carbonyl (C=O) groups is 4. The highest BCUT2D eigenvalue weighted by molar-refractivity contribution is 8.00. The lowest BCUT2D eigenvalue weighted by molar-refractivity contribution is -0.150. The fourth-order valence-electron chi connectivity index (χ4n) is 2.90. The summed E-state index contributed by atoms with van der Waals surface area (Å²) in [5.74, 6) is -4.05. The highest BCUT2D eigenvalue weighted by Crippen LogP contribution is 2.40. The SMILES string of the molecule is [N-]=[N+]=NCC1=C(C(=O)O)N2C(=O)[C@@H](NC(=O)C(=NOCC(=O)O)c3ccco3)[C@H]2SC1. The lowest BCUT2D eigenvalue weighted by atomic mass is 10.0. The number of azide groups is 1. The molecule has 2 amide bonds. The highest BCUT2D eigenvalue weighted by Gasteiger charge is 2.54. The van der Waals surface area contributed by atoms with Gasteiger partial charge in [0.2, 0.25) is 12.3 Å². The van der Waals surface area contributed by atoms with Crippen molar-refractivity contribution < 1.29 is 38.6 Å². The lowest BCUT2D eigenvalue weighted by Crippen LogP contribution is -2.71. The molecule has 0 bridgehead atoms. The molecule has 0 radical (unpaired) electrons. The van der Waals surface area contributed by atoms with Crippen LogP contribution < -0.4 is 5.32 Å². The average molecular weight is 450 g/mol. The smallest absolute Gasteiger partial charge is 0.352 e. The summed E-state index contributed by atoms with van der Waals surface area (Å²) >= 11 is 1.19. The van der Waals surface area contributed by atoms with Crippen molar-refractivity contribution in [3.05, 3.63) is 45.9 Å². The van der Waals surface area contributed by atoms with Gasteiger partial charge in [-0.05, 0) is 23.2 Å². The van der Waals surface area contributed by atoms with Crippen molar-refractivity contribution in [2.45, 2.75) is 11.4 Å². The summed E-state index contributed by atoms with van der Waals surface area (Å²) in [6, 6.07) is 1.80. The van der Waals surface area contributed by atoms with Gasteiger partial charge in [0, 0.05) is 10.7 Å². The number of carboxylic acids is 2. The Hall–Kier alpha value is -3.97. The number of furan rings is 1. The normalized spacial score (nSPS) is 20.3. The second-order valence-corrected chi connectivity index (χ2v) is 7.20. The predicted octanol–water partition coefficient (Wildman–Crippen LogP) is 0.134. The standard InChI is InChI=1S/C16H14N6O8S/c17-21-18-4-7-6-31-15-11(14(26)22(15)12(7)16(27)28)19-13(25)10(8-2-1-3-29-8)20-30-5-9(23)24/h1-3,11,15H,4-6H2,(H,19,25)(H,23,24)(H,27,28)/t11-,15-/m1/s1. The number of thioether (sulfide) groups is 1. The zero-order chi connectivity index (χ0) is 22.5. The van der Waals surface area contributed by atoms with E-state index in [4.69, 9.17) is 15.1 Å². The largest absolute Gasteiger partial charge is 0.479 e. The Labute approximate surface area is 177 Å². The van der Waals surface area contributed by atoms with E-state index in [-0.39, 0.29) is 29.3 Å². The van der Waals surface area contributed by atoms with Gasteiger partial charge in [-0.15, -0.1) is 11.8 Å². The summed E-state index contributed by atoms with van der Waals surface area (Å²) in [7, 11) is 0. The second-order valence-electron chi connectivity index (χ2n) is 6.09. The van der Waals surface area contributed by atoms with Crippen molar-refractivity contribution in [2.24, 2.45) is 10.3 Å². The van der Waals surface area contributed by atoms with E-state index < -0.39 is 47.5 Å². The first-order valence-electron chi connectivity index (χ1n) is 8.52. The molecule has 15 heteroatoms. The van der Waals surface area contributed by atoms with Crippen LogP contribution in [0.3, 0.4) is 0 Å². The molecule has 3 N–H and O–H groups in total. The molecule has 14 nitrogen and oxygen atoms in total. The van der Waals surface area contributed by atoms with Crippen LogP contribution in [0.15, 0.2) is 44.4 Å². The molecule has 1 aromatic rings.